The van der Waals surface area contributed by atoms with Crippen LogP contribution in [0.5, 0.6) is 0 Å². The van der Waals surface area contributed by atoms with E-state index in [1.54, 1.807) is 36.5 Å². The van der Waals surface area contributed by atoms with Gasteiger partial charge in [0.25, 0.3) is 0 Å². The zero-order chi connectivity index (χ0) is 101. The summed E-state index contributed by atoms with van der Waals surface area (Å²) in [4.78, 5) is 92.8. The lowest BCUT2D eigenvalue weighted by Gasteiger charge is -2.39. The maximum Gasteiger partial charge on any atom is 0.305 e. The molecular formula is C108H164N4O24. The smallest absolute Gasteiger partial charge is 0.305 e. The van der Waals surface area contributed by atoms with Crippen LogP contribution >= 0.6 is 0 Å². The second-order valence-electron chi connectivity index (χ2n) is 41.2. The Bertz CT molecular complexity index is 4320. The lowest BCUT2D eigenvalue weighted by atomic mass is 9.87. The number of allylic oxidation sites excluding steroid dienone is 12. The monoisotopic (exact) mass is 1900 g/mol. The van der Waals surface area contributed by atoms with Gasteiger partial charge < -0.3 is 99.3 Å². The molecule has 0 aromatic heterocycles. The van der Waals surface area contributed by atoms with Gasteiger partial charge in [-0.3, -0.25) is 38.4 Å². The molecule has 10 N–H and O–H groups in total. The second kappa shape index (κ2) is 55.6. The maximum absolute atomic E-state index is 12.2. The van der Waals surface area contributed by atoms with E-state index >= 15 is 0 Å². The number of nitrogens with one attached hydrogen (secondary N) is 4. The summed E-state index contributed by atoms with van der Waals surface area (Å²) >= 11 is 0. The summed E-state index contributed by atoms with van der Waals surface area (Å²) < 4.78 is 59.6. The van der Waals surface area contributed by atoms with Gasteiger partial charge >= 0.3 is 23.9 Å². The van der Waals surface area contributed by atoms with Crippen molar-refractivity contribution >= 4 is 47.5 Å². The Morgan fingerprint density at radius 1 is 0.375 bits per heavy atom. The first-order valence-corrected chi connectivity index (χ1v) is 49.5. The highest BCUT2D eigenvalue weighted by molar-refractivity contribution is 5.89. The molecule has 0 aromatic carbocycles. The van der Waals surface area contributed by atoms with Crippen LogP contribution in [0.4, 0.5) is 0 Å². The number of carbonyl (C=O) groups is 8. The number of carboxylic acid groups (broad SMARTS) is 4. The molecule has 4 amide bonds. The summed E-state index contributed by atoms with van der Waals surface area (Å²) in [7, 11) is 0. The van der Waals surface area contributed by atoms with Crippen LogP contribution in [-0.4, -0.2) is 237 Å². The molecule has 0 aliphatic carbocycles. The number of hydrogen-bond acceptors (Lipinski definition) is 20. The number of epoxide rings is 2. The van der Waals surface area contributed by atoms with E-state index in [4.69, 9.17) is 67.8 Å². The SMILES string of the molecule is C=C1C[C@@H](CC(=O)O)O[C@H](/C=C/C(C)=C/C[C@@H]2O[C@H](C)[C@H](NC(=O)/C=C\C(C)C)C[C@@H]2C)C1.C=C1C[C@@H](CC(=O)O)O[C@H](/C=C/C(C)=C/C[C@@H]2O[C@H](C)[C@H](NC(=O)/C=C\C(C)C)C[C@@H]2C)[C@@H]1O.CC(/C=C/[C@@H]1C[C@]2(CO2)C[C@@H](CC(=O)O)O1)=C\C[C@@H]1O[C@H](C)[C@H](NC(=O)/C=C\C(C)C)C[C@@H]1C.CC(/C=C/[C@H]1O[C@H](CC(=O)O)C[C@@]2(CO2)[C@H]1O)=C\C[C@@H]1O[C@H](C)[C@H](NC(=O)/C=C\C(C)C)C[C@@H]1C. The predicted molar refractivity (Wildman–Crippen MR) is 525 cm³/mol. The van der Waals surface area contributed by atoms with Crippen molar-refractivity contribution in [2.24, 2.45) is 47.3 Å². The molecule has 0 unspecified atom stereocenters. The van der Waals surface area contributed by atoms with E-state index in [-0.39, 0.29) is 164 Å². The van der Waals surface area contributed by atoms with Gasteiger partial charge in [-0.05, 0) is 203 Å². The maximum atomic E-state index is 12.2. The lowest BCUT2D eigenvalue weighted by Crippen LogP contribution is -2.50. The minimum atomic E-state index is -0.933. The average molecular weight is 1900 g/mol. The number of rotatable bonds is 36. The van der Waals surface area contributed by atoms with E-state index in [2.05, 4.69) is 93.3 Å². The van der Waals surface area contributed by atoms with Crippen molar-refractivity contribution in [2.75, 3.05) is 13.2 Å². The third-order valence-corrected chi connectivity index (χ3v) is 26.6. The van der Waals surface area contributed by atoms with Crippen molar-refractivity contribution in [3.63, 3.8) is 0 Å². The molecule has 10 saturated heterocycles. The number of ether oxygens (including phenoxy) is 10. The zero-order valence-electron chi connectivity index (χ0n) is 84.5. The van der Waals surface area contributed by atoms with E-state index in [9.17, 15) is 48.6 Å². The highest BCUT2D eigenvalue weighted by Gasteiger charge is 2.59. The summed E-state index contributed by atoms with van der Waals surface area (Å²) in [6.07, 6.45) is 43.1. The van der Waals surface area contributed by atoms with Gasteiger partial charge in [-0.15, -0.1) is 0 Å². The molecule has 10 aliphatic rings. The largest absolute Gasteiger partial charge is 0.481 e. The van der Waals surface area contributed by atoms with Crippen LogP contribution in [0.2, 0.25) is 0 Å². The van der Waals surface area contributed by atoms with Crippen molar-refractivity contribution in [3.05, 3.63) is 168 Å². The van der Waals surface area contributed by atoms with Crippen LogP contribution in [0.1, 0.15) is 254 Å². The molecular weight excluding hydrogens is 1740 g/mol. The molecule has 2 spiro atoms. The molecule has 0 radical (unpaired) electrons. The van der Waals surface area contributed by atoms with E-state index in [0.717, 1.165) is 92.1 Å². The van der Waals surface area contributed by atoms with Crippen LogP contribution in [-0.2, 0) is 85.7 Å². The fraction of sp³-hybridized carbons (Fsp3) is 0.667. The fourth-order valence-corrected chi connectivity index (χ4v) is 18.3. The molecule has 10 aliphatic heterocycles. The number of aliphatic carboxylic acids is 4. The van der Waals surface area contributed by atoms with Crippen LogP contribution in [0.25, 0.3) is 0 Å². The molecule has 28 nitrogen and oxygen atoms in total. The number of aliphatic hydroxyl groups is 2. The van der Waals surface area contributed by atoms with Crippen molar-refractivity contribution in [1.82, 2.24) is 21.3 Å². The van der Waals surface area contributed by atoms with Gasteiger partial charge in [0.05, 0.1) is 154 Å². The Balaban J connectivity index is 0.000000247. The first kappa shape index (κ1) is 115. The van der Waals surface area contributed by atoms with Crippen LogP contribution in [0, 0.1) is 47.3 Å². The summed E-state index contributed by atoms with van der Waals surface area (Å²) in [5.74, 6) is -1.26. The van der Waals surface area contributed by atoms with Crippen molar-refractivity contribution < 1.29 is 116 Å². The van der Waals surface area contributed by atoms with Gasteiger partial charge in [0.2, 0.25) is 23.6 Å². The summed E-state index contributed by atoms with van der Waals surface area (Å²) in [6.45, 7) is 50.0. The Morgan fingerprint density at radius 2 is 0.676 bits per heavy atom. The van der Waals surface area contributed by atoms with E-state index < -0.39 is 66.1 Å². The van der Waals surface area contributed by atoms with E-state index in [0.29, 0.717) is 80.0 Å². The Kier molecular flexibility index (Phi) is 46.8. The summed E-state index contributed by atoms with van der Waals surface area (Å²) in [5, 5.41) is 69.6. The molecule has 28 heteroatoms. The quantitative estimate of drug-likeness (QED) is 0.0121. The molecule has 10 heterocycles. The van der Waals surface area contributed by atoms with Gasteiger partial charge in [0, 0.05) is 19.3 Å². The lowest BCUT2D eigenvalue weighted by molar-refractivity contribution is -0.155. The van der Waals surface area contributed by atoms with E-state index in [1.165, 1.54) is 0 Å². The van der Waals surface area contributed by atoms with Crippen molar-refractivity contribution in [3.8, 4) is 0 Å². The molecule has 136 heavy (non-hydrogen) atoms. The Morgan fingerprint density at radius 3 is 1.01 bits per heavy atom. The molecule has 0 bridgehead atoms. The van der Waals surface area contributed by atoms with Gasteiger partial charge in [-0.2, -0.15) is 0 Å². The zero-order valence-corrected chi connectivity index (χ0v) is 84.5. The standard InChI is InChI=1S/C27H41NO7.2C27H41NO6.C27H41NO5/c1-16(2)6-11-24(29)28-21-12-18(4)22(34-19(21)5)9-7-17(3)8-10-23-26(32)27(15-33-27)14-20(35-23)13-25(30)31;1-17(2)6-11-25(29)28-23-12-19(4)24(33-20(23)5)10-8-18(3)7-9-21-14-27(16-32-27)15-22(34-21)13-26(30)31;1-16(2)7-12-25(29)28-22-14-18(4)23(33-20(22)6)10-8-17(3)9-11-24-27(32)19(5)13-21(34-24)15-26(30)31;1-17(2)7-12-26(29)28-24-15-20(5)25(32-21(24)6)11-9-18(3)8-10-22-13-19(4)14-23(33-22)16-27(30)31/h6-8,10-11,16,18-23,26,32H,9,12-15H2,1-5H3,(H,28,29)(H,30,31);6-9,11,17,19-24H,10,12-16H2,1-5H3,(H,28,29)(H,30,31);7-9,11-12,16,18,20-24,27,32H,5,10,13-15H2,1-4,6H3,(H,28,29)(H,30,31);7-10,12,17,20-25H,4,11,13-16H2,1-3,5-6H3,(H,28,29)(H,30,31)/b10-8+,11-6-,17-7+;9-7+,11-6-,18-8+;11-9+,12-7-,17-8+;10-8+,12-7-,18-9+/t18-,19+,20+,21+,22-,23+,26-,27+;19-,20+,21+,22+,23+,24-,27+;18-,20+,21-,22+,23-,24+,27+;20-,21+,22+,23-,24+,25-/m0000/s1. The summed E-state index contributed by atoms with van der Waals surface area (Å²) in [6, 6.07) is -0.00552. The predicted octanol–water partition coefficient (Wildman–Crippen LogP) is 16.2. The third-order valence-electron chi connectivity index (χ3n) is 26.6. The molecule has 0 saturated carbocycles. The fourth-order valence-electron chi connectivity index (χ4n) is 18.3. The third kappa shape index (κ3) is 40.8. The van der Waals surface area contributed by atoms with Crippen LogP contribution < -0.4 is 21.3 Å². The van der Waals surface area contributed by atoms with Gasteiger partial charge in [-0.1, -0.05) is 221 Å². The molecule has 760 valence electrons. The molecule has 10 rings (SSSR count). The first-order valence-electron chi connectivity index (χ1n) is 49.5. The Hall–Kier alpha value is -8.36. The van der Waals surface area contributed by atoms with Crippen molar-refractivity contribution in [2.45, 2.75) is 399 Å². The normalized spacial score (nSPS) is 34.8. The van der Waals surface area contributed by atoms with Gasteiger partial charge in [0.1, 0.15) is 30.0 Å². The average Bonchev–Trinajstić information content (AvgIpc) is 1.64. The first-order chi connectivity index (χ1) is 64.0. The highest BCUT2D eigenvalue weighted by Crippen LogP contribution is 2.45. The van der Waals surface area contributed by atoms with Crippen molar-refractivity contribution in [1.29, 1.82) is 0 Å². The van der Waals surface area contributed by atoms with Crippen LogP contribution in [0.15, 0.2) is 168 Å². The Labute approximate surface area is 808 Å². The van der Waals surface area contributed by atoms with Gasteiger partial charge in [0.15, 0.2) is 0 Å². The van der Waals surface area contributed by atoms with Gasteiger partial charge in [-0.25, -0.2) is 0 Å². The second-order valence-corrected chi connectivity index (χ2v) is 41.2. The number of hydrogen-bond donors (Lipinski definition) is 10. The van der Waals surface area contributed by atoms with Crippen LogP contribution in [0.3, 0.4) is 0 Å². The minimum absolute atomic E-state index is 0.00271. The molecule has 0 aromatic rings. The highest BCUT2D eigenvalue weighted by atomic mass is 16.6. The number of amides is 4. The van der Waals surface area contributed by atoms with E-state index in [1.807, 2.05) is 165 Å². The number of aliphatic hydroxyl groups excluding tert-OH is 2. The topological polar surface area (TPSA) is 405 Å². The summed E-state index contributed by atoms with van der Waals surface area (Å²) in [5.41, 5.74) is 4.99. The minimum Gasteiger partial charge on any atom is -0.481 e. The number of carbonyl (C=O) groups excluding carboxylic acids is 4. The molecule has 10 fully saturated rings. The number of carboxylic acids is 4. The molecule has 28 atom stereocenters.